The lowest BCUT2D eigenvalue weighted by molar-refractivity contribution is -0.116. The zero-order valence-corrected chi connectivity index (χ0v) is 13.6. The first-order valence-electron chi connectivity index (χ1n) is 8.32. The summed E-state index contributed by atoms with van der Waals surface area (Å²) < 4.78 is 5.64. The summed E-state index contributed by atoms with van der Waals surface area (Å²) in [4.78, 5) is 12.0. The zero-order valence-electron chi connectivity index (χ0n) is 13.6. The van der Waals surface area contributed by atoms with E-state index in [9.17, 15) is 4.79 Å². The first-order valence-corrected chi connectivity index (χ1v) is 8.32. The van der Waals surface area contributed by atoms with Crippen LogP contribution in [0.2, 0.25) is 0 Å². The van der Waals surface area contributed by atoms with Gasteiger partial charge < -0.3 is 10.1 Å². The number of fused-ring (bicyclic) bond motifs is 1. The van der Waals surface area contributed by atoms with Gasteiger partial charge in [-0.1, -0.05) is 23.8 Å². The summed E-state index contributed by atoms with van der Waals surface area (Å²) in [7, 11) is 0. The van der Waals surface area contributed by atoms with Crippen molar-refractivity contribution in [2.24, 2.45) is 0 Å². The maximum atomic E-state index is 12.0. The molecule has 2 aromatic rings. The lowest BCUT2D eigenvalue weighted by Gasteiger charge is -2.08. The molecule has 0 atom stereocenters. The van der Waals surface area contributed by atoms with Crippen LogP contribution >= 0.6 is 0 Å². The number of hydrogen-bond donors (Lipinski definition) is 1. The van der Waals surface area contributed by atoms with E-state index in [0.717, 1.165) is 17.9 Å². The molecule has 0 saturated heterocycles. The minimum Gasteiger partial charge on any atom is -0.494 e. The molecule has 1 N–H and O–H groups in total. The van der Waals surface area contributed by atoms with Crippen molar-refractivity contribution in [3.05, 3.63) is 59.2 Å². The molecule has 0 fully saturated rings. The highest BCUT2D eigenvalue weighted by Gasteiger charge is 2.11. The van der Waals surface area contributed by atoms with Crippen molar-refractivity contribution in [1.29, 1.82) is 0 Å². The van der Waals surface area contributed by atoms with Crippen LogP contribution < -0.4 is 10.1 Å². The van der Waals surface area contributed by atoms with E-state index >= 15 is 0 Å². The number of anilines is 1. The SMILES string of the molecule is Cc1ccc(OCCCC(=O)Nc2ccc3c(c2)CCC3)cc1. The summed E-state index contributed by atoms with van der Waals surface area (Å²) in [5, 5.41) is 2.98. The van der Waals surface area contributed by atoms with Crippen molar-refractivity contribution >= 4 is 11.6 Å². The standard InChI is InChI=1S/C20H23NO2/c1-15-7-11-19(12-8-15)23-13-3-6-20(22)21-18-10-9-16-4-2-5-17(16)14-18/h7-12,14H,2-6,13H2,1H3,(H,21,22). The van der Waals surface area contributed by atoms with Gasteiger partial charge in [-0.3, -0.25) is 4.79 Å². The third-order valence-electron chi connectivity index (χ3n) is 4.22. The maximum absolute atomic E-state index is 12.0. The third kappa shape index (κ3) is 4.35. The van der Waals surface area contributed by atoms with Gasteiger partial charge in [0.25, 0.3) is 0 Å². The van der Waals surface area contributed by atoms with Crippen molar-refractivity contribution in [3.63, 3.8) is 0 Å². The van der Waals surface area contributed by atoms with E-state index in [1.54, 1.807) is 0 Å². The van der Waals surface area contributed by atoms with Gasteiger partial charge in [0, 0.05) is 12.1 Å². The Kier molecular flexibility index (Phi) is 4.96. The topological polar surface area (TPSA) is 38.3 Å². The molecule has 0 bridgehead atoms. The van der Waals surface area contributed by atoms with E-state index in [1.807, 2.05) is 37.3 Å². The molecule has 2 aromatic carbocycles. The van der Waals surface area contributed by atoms with Crippen LogP contribution in [0.1, 0.15) is 36.0 Å². The number of carbonyl (C=O) groups is 1. The molecule has 0 saturated carbocycles. The molecule has 0 aliphatic heterocycles. The molecule has 0 spiro atoms. The second-order valence-electron chi connectivity index (χ2n) is 6.15. The molecule has 0 aromatic heterocycles. The van der Waals surface area contributed by atoms with Crippen LogP contribution in [-0.4, -0.2) is 12.5 Å². The van der Waals surface area contributed by atoms with Crippen molar-refractivity contribution in [1.82, 2.24) is 0 Å². The van der Waals surface area contributed by atoms with Crippen LogP contribution in [0.5, 0.6) is 5.75 Å². The first kappa shape index (κ1) is 15.6. The second-order valence-corrected chi connectivity index (χ2v) is 6.15. The van der Waals surface area contributed by atoms with E-state index in [4.69, 9.17) is 4.74 Å². The average molecular weight is 309 g/mol. The van der Waals surface area contributed by atoms with E-state index < -0.39 is 0 Å². The molecule has 23 heavy (non-hydrogen) atoms. The number of nitrogens with one attached hydrogen (secondary N) is 1. The smallest absolute Gasteiger partial charge is 0.224 e. The Bertz CT molecular complexity index is 677. The van der Waals surface area contributed by atoms with Gasteiger partial charge in [-0.25, -0.2) is 0 Å². The number of benzene rings is 2. The highest BCUT2D eigenvalue weighted by molar-refractivity contribution is 5.90. The number of amides is 1. The van der Waals surface area contributed by atoms with Crippen LogP contribution in [0.25, 0.3) is 0 Å². The molecule has 0 heterocycles. The predicted molar refractivity (Wildman–Crippen MR) is 93.0 cm³/mol. The van der Waals surface area contributed by atoms with Gasteiger partial charge in [0.05, 0.1) is 6.61 Å². The summed E-state index contributed by atoms with van der Waals surface area (Å²) >= 11 is 0. The zero-order chi connectivity index (χ0) is 16.1. The van der Waals surface area contributed by atoms with Crippen molar-refractivity contribution in [3.8, 4) is 5.75 Å². The monoisotopic (exact) mass is 309 g/mol. The Morgan fingerprint density at radius 2 is 1.87 bits per heavy atom. The van der Waals surface area contributed by atoms with Crippen LogP contribution in [0.3, 0.4) is 0 Å². The minimum atomic E-state index is 0.0513. The van der Waals surface area contributed by atoms with Crippen molar-refractivity contribution in [2.45, 2.75) is 39.0 Å². The fourth-order valence-corrected chi connectivity index (χ4v) is 2.93. The first-order chi connectivity index (χ1) is 11.2. The van der Waals surface area contributed by atoms with Gasteiger partial charge in [0.1, 0.15) is 5.75 Å². The van der Waals surface area contributed by atoms with Crippen LogP contribution in [0.4, 0.5) is 5.69 Å². The van der Waals surface area contributed by atoms with Gasteiger partial charge in [0.2, 0.25) is 5.91 Å². The van der Waals surface area contributed by atoms with Crippen LogP contribution in [0.15, 0.2) is 42.5 Å². The number of ether oxygens (including phenoxy) is 1. The molecule has 120 valence electrons. The third-order valence-corrected chi connectivity index (χ3v) is 4.22. The van der Waals surface area contributed by atoms with Gasteiger partial charge >= 0.3 is 0 Å². The minimum absolute atomic E-state index is 0.0513. The summed E-state index contributed by atoms with van der Waals surface area (Å²) in [6, 6.07) is 14.2. The van der Waals surface area contributed by atoms with Gasteiger partial charge in [-0.15, -0.1) is 0 Å². The van der Waals surface area contributed by atoms with Gasteiger partial charge in [0.15, 0.2) is 0 Å². The summed E-state index contributed by atoms with van der Waals surface area (Å²) in [6.07, 6.45) is 4.71. The summed E-state index contributed by atoms with van der Waals surface area (Å²) in [6.45, 7) is 2.60. The molecular weight excluding hydrogens is 286 g/mol. The Morgan fingerprint density at radius 1 is 1.09 bits per heavy atom. The predicted octanol–water partition coefficient (Wildman–Crippen LogP) is 4.28. The van der Waals surface area contributed by atoms with Crippen LogP contribution in [-0.2, 0) is 17.6 Å². The van der Waals surface area contributed by atoms with E-state index in [1.165, 1.54) is 29.5 Å². The average Bonchev–Trinajstić information content (AvgIpc) is 3.01. The summed E-state index contributed by atoms with van der Waals surface area (Å²) in [5.41, 5.74) is 4.93. The van der Waals surface area contributed by atoms with Gasteiger partial charge in [-0.05, 0) is 68.0 Å². The normalized spacial score (nSPS) is 12.7. The Hall–Kier alpha value is -2.29. The molecule has 3 rings (SSSR count). The van der Waals surface area contributed by atoms with E-state index in [2.05, 4.69) is 17.4 Å². The molecule has 3 heteroatoms. The lowest BCUT2D eigenvalue weighted by atomic mass is 10.1. The fourth-order valence-electron chi connectivity index (χ4n) is 2.93. The highest BCUT2D eigenvalue weighted by atomic mass is 16.5. The second kappa shape index (κ2) is 7.32. The van der Waals surface area contributed by atoms with Crippen LogP contribution in [0, 0.1) is 6.92 Å². The molecule has 3 nitrogen and oxygen atoms in total. The Balaban J connectivity index is 1.40. The highest BCUT2D eigenvalue weighted by Crippen LogP contribution is 2.25. The number of carbonyl (C=O) groups excluding carboxylic acids is 1. The maximum Gasteiger partial charge on any atom is 0.224 e. The Morgan fingerprint density at radius 3 is 2.70 bits per heavy atom. The molecule has 0 unspecified atom stereocenters. The fraction of sp³-hybridized carbons (Fsp3) is 0.350. The quantitative estimate of drug-likeness (QED) is 0.809. The van der Waals surface area contributed by atoms with Gasteiger partial charge in [-0.2, -0.15) is 0 Å². The summed E-state index contributed by atoms with van der Waals surface area (Å²) in [5.74, 6) is 0.907. The number of rotatable bonds is 6. The molecule has 1 amide bonds. The molecule has 1 aliphatic rings. The number of hydrogen-bond acceptors (Lipinski definition) is 2. The van der Waals surface area contributed by atoms with E-state index in [-0.39, 0.29) is 5.91 Å². The van der Waals surface area contributed by atoms with Crippen molar-refractivity contribution < 1.29 is 9.53 Å². The molecule has 0 radical (unpaired) electrons. The number of aryl methyl sites for hydroxylation is 3. The lowest BCUT2D eigenvalue weighted by Crippen LogP contribution is -2.13. The molecular formula is C20H23NO2. The van der Waals surface area contributed by atoms with E-state index in [0.29, 0.717) is 19.4 Å². The molecule has 1 aliphatic carbocycles. The van der Waals surface area contributed by atoms with Crippen molar-refractivity contribution in [2.75, 3.05) is 11.9 Å². The largest absolute Gasteiger partial charge is 0.494 e. The Labute approximate surface area is 137 Å².